The van der Waals surface area contributed by atoms with E-state index >= 15 is 0 Å². The molecule has 1 aliphatic carbocycles. The molecule has 0 aliphatic heterocycles. The number of rotatable bonds is 9. The molecule has 13 rings (SSSR count). The molecule has 0 amide bonds. The second-order valence-corrected chi connectivity index (χ2v) is 19.4. The maximum atomic E-state index is 2.44. The fourth-order valence-corrected chi connectivity index (χ4v) is 11.2. The van der Waals surface area contributed by atoms with Crippen molar-refractivity contribution in [3.05, 3.63) is 278 Å². The normalized spacial score (nSPS) is 12.5. The third-order valence-corrected chi connectivity index (χ3v) is 14.8. The number of aromatic nitrogens is 1. The first-order valence-corrected chi connectivity index (χ1v) is 24.7. The SMILES string of the molecule is CC1(C)c2ccccc2-c2ccc(N(c3ccc(-c4ccccc4)cc3)c3cccc(-c4ccc(-c5ccc6c(c5)c5ccccc5n6-c5cc(-c6ccccc6)cc(-c6ccccc6)c5)cc4)c3)cc21. The van der Waals surface area contributed by atoms with Gasteiger partial charge in [-0.25, -0.2) is 0 Å². The van der Waals surface area contributed by atoms with Crippen molar-refractivity contribution < 1.29 is 0 Å². The molecule has 0 spiro atoms. The van der Waals surface area contributed by atoms with Crippen LogP contribution in [0.1, 0.15) is 25.0 Å². The van der Waals surface area contributed by atoms with E-state index in [2.05, 4.69) is 290 Å². The van der Waals surface area contributed by atoms with Crippen molar-refractivity contribution in [1.82, 2.24) is 4.57 Å². The summed E-state index contributed by atoms with van der Waals surface area (Å²) in [4.78, 5) is 2.41. The molecule has 0 N–H and O–H groups in total. The molecule has 1 aromatic heterocycles. The molecule has 336 valence electrons. The van der Waals surface area contributed by atoms with Crippen molar-refractivity contribution in [2.45, 2.75) is 19.3 Å². The number of fused-ring (bicyclic) bond motifs is 6. The Bertz CT molecular complexity index is 3860. The molecule has 1 heterocycles. The Balaban J connectivity index is 0.865. The van der Waals surface area contributed by atoms with E-state index in [0.29, 0.717) is 0 Å². The Hall–Kier alpha value is -8.98. The maximum Gasteiger partial charge on any atom is 0.0541 e. The van der Waals surface area contributed by atoms with Gasteiger partial charge < -0.3 is 9.47 Å². The highest BCUT2D eigenvalue weighted by Gasteiger charge is 2.35. The molecule has 11 aromatic carbocycles. The zero-order chi connectivity index (χ0) is 47.5. The second-order valence-electron chi connectivity index (χ2n) is 19.4. The van der Waals surface area contributed by atoms with E-state index in [1.807, 2.05) is 0 Å². The number of benzene rings is 11. The lowest BCUT2D eigenvalue weighted by atomic mass is 9.82. The maximum absolute atomic E-state index is 2.44. The van der Waals surface area contributed by atoms with E-state index < -0.39 is 0 Å². The molecule has 1 aliphatic rings. The fraction of sp³-hybridized carbons (Fsp3) is 0.0435. The van der Waals surface area contributed by atoms with Gasteiger partial charge in [0.1, 0.15) is 0 Å². The minimum absolute atomic E-state index is 0.114. The molecule has 0 unspecified atom stereocenters. The van der Waals surface area contributed by atoms with Gasteiger partial charge in [0.25, 0.3) is 0 Å². The van der Waals surface area contributed by atoms with E-state index in [1.54, 1.807) is 0 Å². The molecule has 0 radical (unpaired) electrons. The lowest BCUT2D eigenvalue weighted by Crippen LogP contribution is -2.16. The highest BCUT2D eigenvalue weighted by molar-refractivity contribution is 6.10. The molecule has 0 bridgehead atoms. The zero-order valence-electron chi connectivity index (χ0n) is 39.8. The summed E-state index contributed by atoms with van der Waals surface area (Å²) < 4.78 is 2.44. The monoisotopic (exact) mass is 906 g/mol. The predicted molar refractivity (Wildman–Crippen MR) is 300 cm³/mol. The third-order valence-electron chi connectivity index (χ3n) is 14.8. The molecular formula is C69H50N2. The van der Waals surface area contributed by atoms with E-state index in [9.17, 15) is 0 Å². The van der Waals surface area contributed by atoms with Gasteiger partial charge in [-0.05, 0) is 151 Å². The van der Waals surface area contributed by atoms with Gasteiger partial charge in [-0.15, -0.1) is 0 Å². The Kier molecular flexibility index (Phi) is 10.2. The fourth-order valence-electron chi connectivity index (χ4n) is 11.2. The van der Waals surface area contributed by atoms with E-state index in [4.69, 9.17) is 0 Å². The summed E-state index contributed by atoms with van der Waals surface area (Å²) in [5.41, 5.74) is 24.1. The number of hydrogen-bond acceptors (Lipinski definition) is 1. The number of para-hydroxylation sites is 1. The predicted octanol–water partition coefficient (Wildman–Crippen LogP) is 18.9. The molecule has 0 saturated carbocycles. The van der Waals surface area contributed by atoms with Gasteiger partial charge in [0.05, 0.1) is 11.0 Å². The van der Waals surface area contributed by atoms with Gasteiger partial charge in [-0.3, -0.25) is 0 Å². The van der Waals surface area contributed by atoms with Gasteiger partial charge >= 0.3 is 0 Å². The standard InChI is InChI=1S/C69H50N2/c1-69(2)65-27-14-12-25-61(65)62-39-38-59(46-66(62)69)70(57-36-33-50(34-37-57)47-17-6-3-7-18-47)58-24-16-23-53(42-58)51-29-31-52(32-30-51)54-35-40-68-64(45-54)63-26-13-15-28-67(63)71(68)60-43-55(48-19-8-4-9-20-48)41-56(44-60)49-21-10-5-11-22-49/h3-46H,1-2H3. The van der Waals surface area contributed by atoms with Crippen molar-refractivity contribution in [3.8, 4) is 72.4 Å². The molecule has 2 nitrogen and oxygen atoms in total. The lowest BCUT2D eigenvalue weighted by Gasteiger charge is -2.28. The minimum atomic E-state index is -0.114. The zero-order valence-corrected chi connectivity index (χ0v) is 39.8. The Morgan fingerprint density at radius 2 is 0.746 bits per heavy atom. The van der Waals surface area contributed by atoms with Crippen molar-refractivity contribution in [1.29, 1.82) is 0 Å². The van der Waals surface area contributed by atoms with E-state index in [0.717, 1.165) is 22.7 Å². The van der Waals surface area contributed by atoms with Crippen molar-refractivity contribution >= 4 is 38.9 Å². The molecule has 71 heavy (non-hydrogen) atoms. The second kappa shape index (κ2) is 17.2. The van der Waals surface area contributed by atoms with Crippen molar-refractivity contribution in [2.24, 2.45) is 0 Å². The minimum Gasteiger partial charge on any atom is -0.310 e. The molecule has 0 fully saturated rings. The van der Waals surface area contributed by atoms with Crippen LogP contribution in [0, 0.1) is 0 Å². The Morgan fingerprint density at radius 1 is 0.282 bits per heavy atom. The van der Waals surface area contributed by atoms with Crippen LogP contribution < -0.4 is 4.90 Å². The van der Waals surface area contributed by atoms with E-state index in [1.165, 1.54) is 99.7 Å². The smallest absolute Gasteiger partial charge is 0.0541 e. The summed E-state index contributed by atoms with van der Waals surface area (Å²) >= 11 is 0. The van der Waals surface area contributed by atoms with Crippen LogP contribution in [0.25, 0.3) is 94.3 Å². The van der Waals surface area contributed by atoms with Gasteiger partial charge in [0, 0.05) is 38.9 Å². The summed E-state index contributed by atoms with van der Waals surface area (Å²) in [5, 5.41) is 2.47. The van der Waals surface area contributed by atoms with Crippen LogP contribution in [-0.2, 0) is 5.41 Å². The van der Waals surface area contributed by atoms with Crippen LogP contribution in [0.5, 0.6) is 0 Å². The highest BCUT2D eigenvalue weighted by Crippen LogP contribution is 2.51. The molecule has 12 aromatic rings. The number of anilines is 3. The lowest BCUT2D eigenvalue weighted by molar-refractivity contribution is 0.660. The van der Waals surface area contributed by atoms with Crippen LogP contribution in [0.2, 0.25) is 0 Å². The largest absolute Gasteiger partial charge is 0.310 e. The van der Waals surface area contributed by atoms with E-state index in [-0.39, 0.29) is 5.41 Å². The number of hydrogen-bond donors (Lipinski definition) is 0. The van der Waals surface area contributed by atoms with Crippen LogP contribution in [0.3, 0.4) is 0 Å². The Morgan fingerprint density at radius 3 is 1.42 bits per heavy atom. The van der Waals surface area contributed by atoms with Crippen LogP contribution in [-0.4, -0.2) is 4.57 Å². The van der Waals surface area contributed by atoms with Crippen LogP contribution >= 0.6 is 0 Å². The van der Waals surface area contributed by atoms with Crippen molar-refractivity contribution in [3.63, 3.8) is 0 Å². The summed E-state index contributed by atoms with van der Waals surface area (Å²) in [7, 11) is 0. The molecule has 2 heteroatoms. The molecule has 0 saturated heterocycles. The van der Waals surface area contributed by atoms with Gasteiger partial charge in [0.15, 0.2) is 0 Å². The summed E-state index contributed by atoms with van der Waals surface area (Å²) in [6, 6.07) is 97.8. The van der Waals surface area contributed by atoms with Crippen LogP contribution in [0.15, 0.2) is 267 Å². The number of nitrogens with zero attached hydrogens (tertiary/aromatic N) is 2. The van der Waals surface area contributed by atoms with Crippen LogP contribution in [0.4, 0.5) is 17.1 Å². The first kappa shape index (κ1) is 42.1. The average molecular weight is 907 g/mol. The third kappa shape index (κ3) is 7.44. The highest BCUT2D eigenvalue weighted by atomic mass is 15.1. The average Bonchev–Trinajstić information content (AvgIpc) is 3.89. The topological polar surface area (TPSA) is 8.17 Å². The first-order valence-electron chi connectivity index (χ1n) is 24.7. The quantitative estimate of drug-likeness (QED) is 0.140. The van der Waals surface area contributed by atoms with Gasteiger partial charge in [-0.2, -0.15) is 0 Å². The molecule has 0 atom stereocenters. The Labute approximate surface area is 416 Å². The summed E-state index contributed by atoms with van der Waals surface area (Å²) in [6.45, 7) is 4.71. The summed E-state index contributed by atoms with van der Waals surface area (Å²) in [5.74, 6) is 0. The van der Waals surface area contributed by atoms with Gasteiger partial charge in [0.2, 0.25) is 0 Å². The van der Waals surface area contributed by atoms with Gasteiger partial charge in [-0.1, -0.05) is 208 Å². The summed E-state index contributed by atoms with van der Waals surface area (Å²) in [6.07, 6.45) is 0. The first-order chi connectivity index (χ1) is 34.9. The molecular weight excluding hydrogens is 857 g/mol. The van der Waals surface area contributed by atoms with Crippen molar-refractivity contribution in [2.75, 3.05) is 4.90 Å².